The van der Waals surface area contributed by atoms with Crippen LogP contribution in [0.15, 0.2) is 22.7 Å². The van der Waals surface area contributed by atoms with Gasteiger partial charge in [-0.25, -0.2) is 0 Å². The zero-order valence-electron chi connectivity index (χ0n) is 9.11. The number of ether oxygens (including phenoxy) is 1. The van der Waals surface area contributed by atoms with Gasteiger partial charge in [0.15, 0.2) is 0 Å². The number of amides is 1. The predicted molar refractivity (Wildman–Crippen MR) is 65.4 cm³/mol. The van der Waals surface area contributed by atoms with E-state index in [4.69, 9.17) is 15.3 Å². The number of nitrogens with two attached hydrogens (primary N) is 1. The number of carbonyl (C=O) groups excluding carboxylic acids is 1. The summed E-state index contributed by atoms with van der Waals surface area (Å²) in [6.07, 6.45) is 0.842. The highest BCUT2D eigenvalue weighted by atomic mass is 79.9. The number of halogens is 1. The van der Waals surface area contributed by atoms with E-state index in [1.807, 2.05) is 18.2 Å². The number of hydrogen-bond donors (Lipinski definition) is 2. The second-order valence-electron chi connectivity index (χ2n) is 3.80. The van der Waals surface area contributed by atoms with Gasteiger partial charge in [-0.1, -0.05) is 15.9 Å². The third-order valence-electron chi connectivity index (χ3n) is 2.39. The van der Waals surface area contributed by atoms with Gasteiger partial charge >= 0.3 is 0 Å². The third-order valence-corrected chi connectivity index (χ3v) is 2.88. The molecule has 1 heterocycles. The minimum absolute atomic E-state index is 0.0205. The van der Waals surface area contributed by atoms with Gasteiger partial charge in [0, 0.05) is 10.9 Å². The predicted octanol–water partition coefficient (Wildman–Crippen LogP) is 0.759. The summed E-state index contributed by atoms with van der Waals surface area (Å²) in [7, 11) is 0. The quantitative estimate of drug-likeness (QED) is 0.622. The second-order valence-corrected chi connectivity index (χ2v) is 4.72. The summed E-state index contributed by atoms with van der Waals surface area (Å²) in [5, 5.41) is 0. The molecule has 0 radical (unpaired) electrons. The van der Waals surface area contributed by atoms with Crippen molar-refractivity contribution in [1.29, 1.82) is 0 Å². The Balaban J connectivity index is 1.78. The first-order valence-electron chi connectivity index (χ1n) is 5.23. The maximum Gasteiger partial charge on any atom is 0.245 e. The Kier molecular flexibility index (Phi) is 3.98. The molecule has 1 atom stereocenters. The first kappa shape index (κ1) is 12.3. The summed E-state index contributed by atoms with van der Waals surface area (Å²) < 4.78 is 6.73. The zero-order valence-corrected chi connectivity index (χ0v) is 10.7. The fourth-order valence-corrected chi connectivity index (χ4v) is 2.09. The Bertz CT molecular complexity index is 425. The van der Waals surface area contributed by atoms with Crippen molar-refractivity contribution in [3.63, 3.8) is 0 Å². The molecule has 1 aromatic carbocycles. The van der Waals surface area contributed by atoms with E-state index >= 15 is 0 Å². The molecule has 0 spiro atoms. The van der Waals surface area contributed by atoms with E-state index in [0.717, 1.165) is 16.6 Å². The van der Waals surface area contributed by atoms with E-state index in [1.165, 1.54) is 5.56 Å². The fraction of sp³-hybridized carbons (Fsp3) is 0.364. The van der Waals surface area contributed by atoms with Gasteiger partial charge in [-0.15, -0.1) is 0 Å². The van der Waals surface area contributed by atoms with Crippen LogP contribution in [0.3, 0.4) is 0 Å². The molecule has 92 valence electrons. The van der Waals surface area contributed by atoms with Crippen LogP contribution in [0.2, 0.25) is 0 Å². The van der Waals surface area contributed by atoms with E-state index in [2.05, 4.69) is 21.4 Å². The molecule has 1 aliphatic rings. The largest absolute Gasteiger partial charge is 0.488 e. The minimum atomic E-state index is -0.503. The first-order chi connectivity index (χ1) is 8.15. The summed E-state index contributed by atoms with van der Waals surface area (Å²) in [5.41, 5.74) is 8.77. The zero-order chi connectivity index (χ0) is 12.3. The Morgan fingerprint density at radius 3 is 3.24 bits per heavy atom. The molecule has 1 aromatic rings. The highest BCUT2D eigenvalue weighted by molar-refractivity contribution is 9.10. The van der Waals surface area contributed by atoms with Crippen LogP contribution in [0.5, 0.6) is 5.75 Å². The van der Waals surface area contributed by atoms with Crippen molar-refractivity contribution in [1.82, 2.24) is 5.48 Å². The Hall–Kier alpha value is -1.11. The molecule has 6 heteroatoms. The van der Waals surface area contributed by atoms with Crippen molar-refractivity contribution >= 4 is 21.8 Å². The summed E-state index contributed by atoms with van der Waals surface area (Å²) >= 11 is 3.42. The van der Waals surface area contributed by atoms with Crippen molar-refractivity contribution < 1.29 is 14.4 Å². The third kappa shape index (κ3) is 3.42. The van der Waals surface area contributed by atoms with Gasteiger partial charge in [0.2, 0.25) is 5.91 Å². The van der Waals surface area contributed by atoms with E-state index in [1.54, 1.807) is 0 Å². The van der Waals surface area contributed by atoms with E-state index in [9.17, 15) is 4.79 Å². The minimum Gasteiger partial charge on any atom is -0.488 e. The van der Waals surface area contributed by atoms with Crippen LogP contribution in [-0.2, 0) is 16.1 Å². The number of benzene rings is 1. The van der Waals surface area contributed by atoms with E-state index in [-0.39, 0.29) is 12.7 Å². The number of hydrogen-bond acceptors (Lipinski definition) is 4. The van der Waals surface area contributed by atoms with Crippen molar-refractivity contribution in [3.05, 3.63) is 28.2 Å². The summed E-state index contributed by atoms with van der Waals surface area (Å²) in [6.45, 7) is 0.380. The Morgan fingerprint density at radius 1 is 1.65 bits per heavy atom. The number of carbonyl (C=O) groups is 1. The van der Waals surface area contributed by atoms with Gasteiger partial charge in [-0.3, -0.25) is 9.63 Å². The molecule has 1 unspecified atom stereocenters. The Morgan fingerprint density at radius 2 is 2.47 bits per heavy atom. The average Bonchev–Trinajstić information content (AvgIpc) is 2.66. The molecule has 0 bridgehead atoms. The topological polar surface area (TPSA) is 73.6 Å². The first-order valence-corrected chi connectivity index (χ1v) is 6.02. The van der Waals surface area contributed by atoms with Crippen LogP contribution in [0, 0.1) is 0 Å². The molecule has 1 aliphatic heterocycles. The number of primary amides is 1. The molecule has 0 saturated heterocycles. The molecule has 2 rings (SSSR count). The fourth-order valence-electron chi connectivity index (χ4n) is 1.68. The van der Waals surface area contributed by atoms with Gasteiger partial charge in [0.05, 0.1) is 6.54 Å². The average molecular weight is 301 g/mol. The van der Waals surface area contributed by atoms with Crippen LogP contribution >= 0.6 is 15.9 Å². The molecule has 3 N–H and O–H groups in total. The van der Waals surface area contributed by atoms with Gasteiger partial charge in [-0.2, -0.15) is 5.48 Å². The number of hydroxylamine groups is 1. The van der Waals surface area contributed by atoms with Crippen LogP contribution < -0.4 is 16.0 Å². The number of nitrogens with one attached hydrogen (secondary N) is 1. The van der Waals surface area contributed by atoms with Gasteiger partial charge in [0.25, 0.3) is 0 Å². The van der Waals surface area contributed by atoms with E-state index < -0.39 is 5.91 Å². The van der Waals surface area contributed by atoms with Crippen LogP contribution in [0.4, 0.5) is 0 Å². The lowest BCUT2D eigenvalue weighted by Gasteiger charge is -2.11. The molecule has 0 fully saturated rings. The Labute approximate surface area is 107 Å². The molecule has 0 aromatic heterocycles. The lowest BCUT2D eigenvalue weighted by atomic mass is 10.1. The smallest absolute Gasteiger partial charge is 0.245 e. The van der Waals surface area contributed by atoms with Crippen LogP contribution in [0.25, 0.3) is 0 Å². The molecule has 0 saturated carbocycles. The monoisotopic (exact) mass is 300 g/mol. The van der Waals surface area contributed by atoms with Crippen molar-refractivity contribution in [2.75, 3.05) is 13.2 Å². The highest BCUT2D eigenvalue weighted by Crippen LogP contribution is 2.30. The summed E-state index contributed by atoms with van der Waals surface area (Å²) in [4.78, 5) is 15.3. The van der Waals surface area contributed by atoms with Crippen LogP contribution in [-0.4, -0.2) is 25.2 Å². The van der Waals surface area contributed by atoms with Crippen molar-refractivity contribution in [3.8, 4) is 5.75 Å². The molecular formula is C11H13BrN2O3. The molecule has 5 nitrogen and oxygen atoms in total. The van der Waals surface area contributed by atoms with Crippen LogP contribution in [0.1, 0.15) is 5.56 Å². The van der Waals surface area contributed by atoms with Crippen molar-refractivity contribution in [2.24, 2.45) is 5.73 Å². The lowest BCUT2D eigenvalue weighted by Crippen LogP contribution is -2.32. The molecule has 17 heavy (non-hydrogen) atoms. The molecular weight excluding hydrogens is 288 g/mol. The van der Waals surface area contributed by atoms with Crippen molar-refractivity contribution in [2.45, 2.75) is 12.5 Å². The number of fused-ring (bicyclic) bond motifs is 1. The SMILES string of the molecule is NC(=O)CONCC1Cc2cc(Br)ccc2O1. The highest BCUT2D eigenvalue weighted by Gasteiger charge is 2.22. The second kappa shape index (κ2) is 5.48. The van der Waals surface area contributed by atoms with E-state index in [0.29, 0.717) is 6.54 Å². The molecule has 0 aliphatic carbocycles. The maximum atomic E-state index is 10.4. The number of rotatable bonds is 5. The van der Waals surface area contributed by atoms with Gasteiger partial charge < -0.3 is 10.5 Å². The maximum absolute atomic E-state index is 10.4. The lowest BCUT2D eigenvalue weighted by molar-refractivity contribution is -0.125. The normalized spacial score (nSPS) is 17.6. The van der Waals surface area contributed by atoms with Gasteiger partial charge in [-0.05, 0) is 23.8 Å². The van der Waals surface area contributed by atoms with Gasteiger partial charge in [0.1, 0.15) is 18.5 Å². The summed E-state index contributed by atoms with van der Waals surface area (Å²) in [6, 6.07) is 5.92. The standard InChI is InChI=1S/C11H13BrN2O3/c12-8-1-2-10-7(3-8)4-9(17-10)5-14-16-6-11(13)15/h1-3,9,14H,4-6H2,(H2,13,15). The molecule has 1 amide bonds. The summed E-state index contributed by atoms with van der Waals surface area (Å²) in [5.74, 6) is 0.395.